The van der Waals surface area contributed by atoms with Crippen molar-refractivity contribution in [1.82, 2.24) is 0 Å². The lowest BCUT2D eigenvalue weighted by Gasteiger charge is -2.07. The average molecular weight is 255 g/mol. The van der Waals surface area contributed by atoms with E-state index in [-0.39, 0.29) is 12.2 Å². The summed E-state index contributed by atoms with van der Waals surface area (Å²) >= 11 is 0. The van der Waals surface area contributed by atoms with Gasteiger partial charge in [0.15, 0.2) is 0 Å². The monoisotopic (exact) mass is 255 g/mol. The third-order valence-corrected chi connectivity index (χ3v) is 2.30. The first-order chi connectivity index (χ1) is 8.41. The van der Waals surface area contributed by atoms with Crippen LogP contribution in [0.3, 0.4) is 0 Å². The van der Waals surface area contributed by atoms with E-state index in [1.54, 1.807) is 0 Å². The molecule has 18 heavy (non-hydrogen) atoms. The molecule has 0 saturated carbocycles. The van der Waals surface area contributed by atoms with Crippen molar-refractivity contribution in [3.05, 3.63) is 39.7 Å². The summed E-state index contributed by atoms with van der Waals surface area (Å²) in [5.41, 5.74) is -0.810. The highest BCUT2D eigenvalue weighted by Gasteiger charge is 2.22. The van der Waals surface area contributed by atoms with Crippen LogP contribution in [0.1, 0.15) is 30.6 Å². The zero-order chi connectivity index (χ0) is 13.7. The summed E-state index contributed by atoms with van der Waals surface area (Å²) in [6, 6.07) is 2.70. The minimum atomic E-state index is -0.873. The van der Waals surface area contributed by atoms with E-state index in [9.17, 15) is 19.3 Å². The van der Waals surface area contributed by atoms with Crippen molar-refractivity contribution in [3.63, 3.8) is 0 Å². The summed E-state index contributed by atoms with van der Waals surface area (Å²) in [5.74, 6) is -1.24. The van der Waals surface area contributed by atoms with E-state index in [0.717, 1.165) is 18.2 Å². The highest BCUT2D eigenvalue weighted by molar-refractivity contribution is 5.93. The van der Waals surface area contributed by atoms with Crippen LogP contribution in [0.2, 0.25) is 0 Å². The Kier molecular flexibility index (Phi) is 4.76. The van der Waals surface area contributed by atoms with E-state index in [2.05, 4.69) is 0 Å². The second-order valence-corrected chi connectivity index (χ2v) is 4.24. The van der Waals surface area contributed by atoms with Crippen LogP contribution in [0.4, 0.5) is 10.1 Å². The lowest BCUT2D eigenvalue weighted by atomic mass is 10.1. The van der Waals surface area contributed by atoms with Gasteiger partial charge in [-0.1, -0.05) is 13.8 Å². The van der Waals surface area contributed by atoms with E-state index < -0.39 is 22.4 Å². The van der Waals surface area contributed by atoms with Crippen molar-refractivity contribution in [1.29, 1.82) is 0 Å². The lowest BCUT2D eigenvalue weighted by Crippen LogP contribution is -2.10. The number of carbonyl (C=O) groups is 1. The zero-order valence-electron chi connectivity index (χ0n) is 10.2. The SMILES string of the molecule is CC(C)CCOC(=O)c1cc(F)ccc1[N+](=O)[O-]. The number of esters is 1. The molecule has 5 nitrogen and oxygen atoms in total. The minimum absolute atomic E-state index is 0.157. The van der Waals surface area contributed by atoms with Gasteiger partial charge in [0.25, 0.3) is 5.69 Å². The van der Waals surface area contributed by atoms with E-state index in [0.29, 0.717) is 12.3 Å². The number of hydrogen-bond acceptors (Lipinski definition) is 4. The zero-order valence-corrected chi connectivity index (χ0v) is 10.2. The smallest absolute Gasteiger partial charge is 0.345 e. The largest absolute Gasteiger partial charge is 0.462 e. The molecule has 0 aliphatic rings. The van der Waals surface area contributed by atoms with Crippen LogP contribution in [-0.4, -0.2) is 17.5 Å². The van der Waals surface area contributed by atoms with Crippen LogP contribution in [0.25, 0.3) is 0 Å². The number of benzene rings is 1. The summed E-state index contributed by atoms with van der Waals surface area (Å²) in [7, 11) is 0. The Morgan fingerprint density at radius 2 is 2.17 bits per heavy atom. The molecule has 6 heteroatoms. The molecular weight excluding hydrogens is 241 g/mol. The van der Waals surface area contributed by atoms with Gasteiger partial charge in [-0.05, 0) is 24.5 Å². The van der Waals surface area contributed by atoms with Crippen molar-refractivity contribution in [2.45, 2.75) is 20.3 Å². The highest BCUT2D eigenvalue weighted by atomic mass is 19.1. The molecule has 0 saturated heterocycles. The van der Waals surface area contributed by atoms with Gasteiger partial charge in [0.2, 0.25) is 0 Å². The summed E-state index contributed by atoms with van der Waals surface area (Å²) < 4.78 is 17.9. The Morgan fingerprint density at radius 1 is 1.50 bits per heavy atom. The Morgan fingerprint density at radius 3 is 2.72 bits per heavy atom. The van der Waals surface area contributed by atoms with Gasteiger partial charge in [0.1, 0.15) is 11.4 Å². The van der Waals surface area contributed by atoms with Crippen LogP contribution < -0.4 is 0 Å². The van der Waals surface area contributed by atoms with Crippen molar-refractivity contribution in [3.8, 4) is 0 Å². The quantitative estimate of drug-likeness (QED) is 0.460. The standard InChI is InChI=1S/C12H14FNO4/c1-8(2)5-6-18-12(15)10-7-9(13)3-4-11(10)14(16)17/h3-4,7-8H,5-6H2,1-2H3. The van der Waals surface area contributed by atoms with Crippen molar-refractivity contribution >= 4 is 11.7 Å². The summed E-state index contributed by atoms with van der Waals surface area (Å²) in [6.07, 6.45) is 0.648. The van der Waals surface area contributed by atoms with E-state index in [1.165, 1.54) is 0 Å². The molecule has 0 amide bonds. The average Bonchev–Trinajstić information content (AvgIpc) is 2.27. The molecule has 0 radical (unpaired) electrons. The number of nitro groups is 1. The van der Waals surface area contributed by atoms with Crippen LogP contribution in [0, 0.1) is 21.8 Å². The second kappa shape index (κ2) is 6.09. The number of ether oxygens (including phenoxy) is 1. The van der Waals surface area contributed by atoms with Gasteiger partial charge >= 0.3 is 5.97 Å². The van der Waals surface area contributed by atoms with E-state index in [4.69, 9.17) is 4.74 Å². The predicted octanol–water partition coefficient (Wildman–Crippen LogP) is 2.94. The fourth-order valence-electron chi connectivity index (χ4n) is 1.30. The van der Waals surface area contributed by atoms with Crippen LogP contribution >= 0.6 is 0 Å². The minimum Gasteiger partial charge on any atom is -0.462 e. The summed E-state index contributed by atoms with van der Waals surface area (Å²) in [4.78, 5) is 21.6. The van der Waals surface area contributed by atoms with Gasteiger partial charge in [-0.25, -0.2) is 9.18 Å². The number of nitrogens with zero attached hydrogens (tertiary/aromatic N) is 1. The Hall–Kier alpha value is -1.98. The molecule has 0 aliphatic heterocycles. The maximum atomic E-state index is 13.0. The number of rotatable bonds is 5. The number of carbonyl (C=O) groups excluding carboxylic acids is 1. The van der Waals surface area contributed by atoms with Crippen LogP contribution in [0.15, 0.2) is 18.2 Å². The molecular formula is C12H14FNO4. The normalized spacial score (nSPS) is 10.4. The Bertz CT molecular complexity index is 459. The van der Waals surface area contributed by atoms with E-state index >= 15 is 0 Å². The first-order valence-electron chi connectivity index (χ1n) is 5.53. The van der Waals surface area contributed by atoms with Crippen molar-refractivity contribution in [2.24, 2.45) is 5.92 Å². The molecule has 0 bridgehead atoms. The second-order valence-electron chi connectivity index (χ2n) is 4.24. The summed E-state index contributed by atoms with van der Waals surface area (Å²) in [5, 5.41) is 10.7. The Balaban J connectivity index is 2.84. The van der Waals surface area contributed by atoms with Crippen LogP contribution in [-0.2, 0) is 4.74 Å². The third kappa shape index (κ3) is 3.80. The third-order valence-electron chi connectivity index (χ3n) is 2.30. The molecule has 0 atom stereocenters. The molecule has 98 valence electrons. The van der Waals surface area contributed by atoms with Crippen molar-refractivity contribution < 1.29 is 18.8 Å². The maximum Gasteiger partial charge on any atom is 0.345 e. The summed E-state index contributed by atoms with van der Waals surface area (Å²) in [6.45, 7) is 4.07. The molecule has 0 unspecified atom stereocenters. The topological polar surface area (TPSA) is 69.4 Å². The number of halogens is 1. The Labute approximate surface area is 104 Å². The first kappa shape index (κ1) is 14.1. The van der Waals surface area contributed by atoms with Gasteiger partial charge in [0.05, 0.1) is 11.5 Å². The van der Waals surface area contributed by atoms with E-state index in [1.807, 2.05) is 13.8 Å². The number of nitro benzene ring substituents is 1. The van der Waals surface area contributed by atoms with Gasteiger partial charge < -0.3 is 4.74 Å². The molecule has 0 aliphatic carbocycles. The van der Waals surface area contributed by atoms with Gasteiger partial charge in [-0.2, -0.15) is 0 Å². The molecule has 0 N–H and O–H groups in total. The number of hydrogen-bond donors (Lipinski definition) is 0. The molecule has 0 heterocycles. The lowest BCUT2D eigenvalue weighted by molar-refractivity contribution is -0.385. The molecule has 0 spiro atoms. The molecule has 0 fully saturated rings. The maximum absolute atomic E-state index is 13.0. The predicted molar refractivity (Wildman–Crippen MR) is 62.8 cm³/mol. The molecule has 1 aromatic carbocycles. The van der Waals surface area contributed by atoms with Gasteiger partial charge in [0, 0.05) is 6.07 Å². The van der Waals surface area contributed by atoms with Gasteiger partial charge in [-0.15, -0.1) is 0 Å². The fourth-order valence-corrected chi connectivity index (χ4v) is 1.30. The fraction of sp³-hybridized carbons (Fsp3) is 0.417. The molecule has 1 aromatic rings. The first-order valence-corrected chi connectivity index (χ1v) is 5.53. The highest BCUT2D eigenvalue weighted by Crippen LogP contribution is 2.20. The van der Waals surface area contributed by atoms with Crippen molar-refractivity contribution in [2.75, 3.05) is 6.61 Å². The molecule has 1 rings (SSSR count). The van der Waals surface area contributed by atoms with Gasteiger partial charge in [-0.3, -0.25) is 10.1 Å². The van der Waals surface area contributed by atoms with Crippen LogP contribution in [0.5, 0.6) is 0 Å². The molecule has 0 aromatic heterocycles.